The molecule has 2 N–H and O–H groups in total. The number of aromatic nitrogens is 2. The van der Waals surface area contributed by atoms with Crippen LogP contribution < -0.4 is 20.1 Å². The van der Waals surface area contributed by atoms with Gasteiger partial charge in [-0.25, -0.2) is 4.98 Å². The molecule has 3 heterocycles. The molecule has 154 valence electrons. The van der Waals surface area contributed by atoms with Crippen molar-refractivity contribution in [1.29, 1.82) is 0 Å². The monoisotopic (exact) mass is 416 g/mol. The number of rotatable bonds is 2. The van der Waals surface area contributed by atoms with Crippen molar-refractivity contribution in [2.24, 2.45) is 5.41 Å². The lowest BCUT2D eigenvalue weighted by Gasteiger charge is -2.31. The van der Waals surface area contributed by atoms with Gasteiger partial charge in [0.2, 0.25) is 5.95 Å². The molecule has 2 aliphatic heterocycles. The van der Waals surface area contributed by atoms with Crippen LogP contribution in [0.2, 0.25) is 5.02 Å². The number of aryl methyl sites for hydroxylation is 1. The van der Waals surface area contributed by atoms with Gasteiger partial charge in [0.15, 0.2) is 11.5 Å². The smallest absolute Gasteiger partial charge is 0.222 e. The van der Waals surface area contributed by atoms with E-state index in [0.29, 0.717) is 37.2 Å². The molecule has 0 bridgehead atoms. The summed E-state index contributed by atoms with van der Waals surface area (Å²) in [4.78, 5) is 10.9. The SMILES string of the molecule is Cc1cc(N2CCCOCC2c2cc3c(cc2Cl)OCC2(CC2)CO3)nc(N)n1. The van der Waals surface area contributed by atoms with Gasteiger partial charge in [-0.15, -0.1) is 0 Å². The van der Waals surface area contributed by atoms with Gasteiger partial charge in [0.05, 0.1) is 25.9 Å². The summed E-state index contributed by atoms with van der Waals surface area (Å²) in [5.74, 6) is 2.51. The van der Waals surface area contributed by atoms with Crippen molar-refractivity contribution >= 4 is 23.4 Å². The first-order valence-corrected chi connectivity index (χ1v) is 10.5. The Bertz CT molecular complexity index is 914. The molecule has 8 heteroatoms. The van der Waals surface area contributed by atoms with Crippen molar-refractivity contribution in [2.45, 2.75) is 32.2 Å². The van der Waals surface area contributed by atoms with Crippen molar-refractivity contribution in [2.75, 3.05) is 43.6 Å². The number of halogens is 1. The zero-order valence-electron chi connectivity index (χ0n) is 16.5. The Kier molecular flexibility index (Phi) is 4.67. The number of fused-ring (bicyclic) bond motifs is 1. The second kappa shape index (κ2) is 7.22. The van der Waals surface area contributed by atoms with E-state index in [1.807, 2.05) is 25.1 Å². The Morgan fingerprint density at radius 1 is 1.14 bits per heavy atom. The van der Waals surface area contributed by atoms with Crippen LogP contribution in [-0.2, 0) is 4.74 Å². The van der Waals surface area contributed by atoms with Crippen LogP contribution in [-0.4, -0.2) is 42.9 Å². The van der Waals surface area contributed by atoms with E-state index in [-0.39, 0.29) is 17.4 Å². The number of nitrogen functional groups attached to an aromatic ring is 1. The van der Waals surface area contributed by atoms with Gasteiger partial charge in [0.25, 0.3) is 0 Å². The van der Waals surface area contributed by atoms with Crippen LogP contribution in [0.4, 0.5) is 11.8 Å². The highest BCUT2D eigenvalue weighted by Gasteiger charge is 2.46. The minimum Gasteiger partial charge on any atom is -0.489 e. The van der Waals surface area contributed by atoms with E-state index in [1.54, 1.807) is 0 Å². The predicted octanol–water partition coefficient (Wildman–Crippen LogP) is 3.54. The molecular formula is C21H25ClN4O3. The van der Waals surface area contributed by atoms with Crippen molar-refractivity contribution in [3.8, 4) is 11.5 Å². The summed E-state index contributed by atoms with van der Waals surface area (Å²) < 4.78 is 18.1. The topological polar surface area (TPSA) is 82.7 Å². The molecule has 1 saturated heterocycles. The summed E-state index contributed by atoms with van der Waals surface area (Å²) in [5, 5.41) is 0.637. The Morgan fingerprint density at radius 2 is 1.90 bits per heavy atom. The highest BCUT2D eigenvalue weighted by molar-refractivity contribution is 6.31. The van der Waals surface area contributed by atoms with Crippen LogP contribution in [0.15, 0.2) is 18.2 Å². The van der Waals surface area contributed by atoms with Gasteiger partial charge < -0.3 is 24.8 Å². The fourth-order valence-corrected chi connectivity index (χ4v) is 4.31. The summed E-state index contributed by atoms with van der Waals surface area (Å²) in [7, 11) is 0. The fourth-order valence-electron chi connectivity index (χ4n) is 4.03. The van der Waals surface area contributed by atoms with E-state index in [0.717, 1.165) is 48.6 Å². The molecule has 1 aromatic carbocycles. The zero-order valence-corrected chi connectivity index (χ0v) is 17.2. The molecule has 1 aromatic heterocycles. The molecule has 1 atom stereocenters. The summed E-state index contributed by atoms with van der Waals surface area (Å²) in [6.07, 6.45) is 3.20. The predicted molar refractivity (Wildman–Crippen MR) is 111 cm³/mol. The van der Waals surface area contributed by atoms with Crippen molar-refractivity contribution in [3.05, 3.63) is 34.5 Å². The molecule has 0 radical (unpaired) electrons. The van der Waals surface area contributed by atoms with Crippen LogP contribution in [0.1, 0.15) is 36.6 Å². The van der Waals surface area contributed by atoms with Gasteiger partial charge in [-0.3, -0.25) is 0 Å². The number of hydrogen-bond acceptors (Lipinski definition) is 7. The third-order valence-electron chi connectivity index (χ3n) is 5.94. The summed E-state index contributed by atoms with van der Waals surface area (Å²) >= 11 is 6.73. The van der Waals surface area contributed by atoms with Gasteiger partial charge in [0, 0.05) is 41.4 Å². The van der Waals surface area contributed by atoms with Crippen molar-refractivity contribution in [3.63, 3.8) is 0 Å². The standard InChI is InChI=1S/C21H25ClN4O3/c1-13-7-19(25-20(23)24-13)26-5-2-6-27-10-16(26)14-8-17-18(9-15(14)22)29-12-21(3-4-21)11-28-17/h7-9,16H,2-6,10-12H2,1H3,(H2,23,24,25). The van der Waals surface area contributed by atoms with Gasteiger partial charge >= 0.3 is 0 Å². The molecule has 1 spiro atoms. The first-order valence-electron chi connectivity index (χ1n) is 10.1. The normalized spacial score (nSPS) is 22.8. The maximum atomic E-state index is 6.73. The highest BCUT2D eigenvalue weighted by Crippen LogP contribution is 2.50. The van der Waals surface area contributed by atoms with E-state index < -0.39 is 0 Å². The zero-order chi connectivity index (χ0) is 20.0. The van der Waals surface area contributed by atoms with Gasteiger partial charge in [-0.1, -0.05) is 11.6 Å². The summed E-state index contributed by atoms with van der Waals surface area (Å²) in [5.41, 5.74) is 7.87. The second-order valence-corrected chi connectivity index (χ2v) is 8.67. The van der Waals surface area contributed by atoms with E-state index in [1.165, 1.54) is 0 Å². The Hall–Kier alpha value is -2.25. The molecule has 1 saturated carbocycles. The minimum absolute atomic E-state index is 0.106. The summed E-state index contributed by atoms with van der Waals surface area (Å²) in [6, 6.07) is 5.72. The molecule has 2 fully saturated rings. The maximum Gasteiger partial charge on any atom is 0.222 e. The van der Waals surface area contributed by atoms with Gasteiger partial charge in [-0.05, 0) is 37.8 Å². The van der Waals surface area contributed by atoms with Crippen LogP contribution in [0.3, 0.4) is 0 Å². The highest BCUT2D eigenvalue weighted by atomic mass is 35.5. The van der Waals surface area contributed by atoms with Crippen LogP contribution in [0, 0.1) is 12.3 Å². The molecule has 0 amide bonds. The van der Waals surface area contributed by atoms with Crippen molar-refractivity contribution < 1.29 is 14.2 Å². The quantitative estimate of drug-likeness (QED) is 0.801. The Labute approximate surface area is 175 Å². The molecule has 29 heavy (non-hydrogen) atoms. The van der Waals surface area contributed by atoms with Crippen LogP contribution in [0.25, 0.3) is 0 Å². The van der Waals surface area contributed by atoms with Crippen LogP contribution in [0.5, 0.6) is 11.5 Å². The number of hydrogen-bond donors (Lipinski definition) is 1. The lowest BCUT2D eigenvalue weighted by Crippen LogP contribution is -2.32. The largest absolute Gasteiger partial charge is 0.489 e. The molecule has 1 unspecified atom stereocenters. The van der Waals surface area contributed by atoms with Crippen LogP contribution >= 0.6 is 11.6 Å². The average Bonchev–Trinajstić information content (AvgIpc) is 3.50. The Balaban J connectivity index is 1.52. The average molecular weight is 417 g/mol. The third kappa shape index (κ3) is 3.69. The van der Waals surface area contributed by atoms with E-state index in [9.17, 15) is 0 Å². The molecular weight excluding hydrogens is 392 g/mol. The maximum absolute atomic E-state index is 6.73. The first kappa shape index (κ1) is 18.8. The number of benzene rings is 1. The Morgan fingerprint density at radius 3 is 2.62 bits per heavy atom. The van der Waals surface area contributed by atoms with Gasteiger partial charge in [-0.2, -0.15) is 4.98 Å². The number of ether oxygens (including phenoxy) is 3. The number of anilines is 2. The number of nitrogens with zero attached hydrogens (tertiary/aromatic N) is 3. The molecule has 1 aliphatic carbocycles. The fraction of sp³-hybridized carbons (Fsp3) is 0.524. The summed E-state index contributed by atoms with van der Waals surface area (Å²) in [6.45, 7) is 5.28. The molecule has 7 nitrogen and oxygen atoms in total. The second-order valence-electron chi connectivity index (χ2n) is 8.26. The van der Waals surface area contributed by atoms with E-state index in [2.05, 4.69) is 14.9 Å². The lowest BCUT2D eigenvalue weighted by molar-refractivity contribution is 0.134. The van der Waals surface area contributed by atoms with Crippen molar-refractivity contribution in [1.82, 2.24) is 9.97 Å². The van der Waals surface area contributed by atoms with E-state index >= 15 is 0 Å². The van der Waals surface area contributed by atoms with E-state index in [4.69, 9.17) is 31.5 Å². The van der Waals surface area contributed by atoms with Gasteiger partial charge in [0.1, 0.15) is 5.82 Å². The lowest BCUT2D eigenvalue weighted by atomic mass is 10.0. The third-order valence-corrected chi connectivity index (χ3v) is 6.27. The molecule has 2 aromatic rings. The molecule has 5 rings (SSSR count). The first-order chi connectivity index (χ1) is 14.0. The molecule has 3 aliphatic rings. The number of nitrogens with two attached hydrogens (primary N) is 1. The minimum atomic E-state index is -0.106.